The largest absolute Gasteiger partial charge is 0.496 e. The number of likely N-dealkylation sites (tertiary alicyclic amines) is 1. The van der Waals surface area contributed by atoms with Crippen molar-refractivity contribution in [2.75, 3.05) is 25.1 Å². The number of amides is 1. The summed E-state index contributed by atoms with van der Waals surface area (Å²) in [4.78, 5) is 15.4. The zero-order chi connectivity index (χ0) is 19.8. The van der Waals surface area contributed by atoms with Crippen molar-refractivity contribution in [1.29, 1.82) is 0 Å². The summed E-state index contributed by atoms with van der Waals surface area (Å²) >= 11 is 0. The van der Waals surface area contributed by atoms with E-state index in [1.165, 1.54) is 32.1 Å². The molecule has 0 radical (unpaired) electrons. The molecule has 0 spiro atoms. The molecule has 1 aliphatic heterocycles. The van der Waals surface area contributed by atoms with Crippen LogP contribution in [0.25, 0.3) is 0 Å². The minimum Gasteiger partial charge on any atom is -0.496 e. The maximum atomic E-state index is 12.9. The van der Waals surface area contributed by atoms with Gasteiger partial charge in [0.25, 0.3) is 5.91 Å². The van der Waals surface area contributed by atoms with Gasteiger partial charge < -0.3 is 15.8 Å². The van der Waals surface area contributed by atoms with Crippen LogP contribution in [-0.2, 0) is 9.84 Å². The second-order valence-electron chi connectivity index (χ2n) is 7.43. The summed E-state index contributed by atoms with van der Waals surface area (Å²) in [5.41, 5.74) is 6.18. The van der Waals surface area contributed by atoms with Crippen LogP contribution in [0.1, 0.15) is 49.9 Å². The zero-order valence-electron chi connectivity index (χ0n) is 16.2. The van der Waals surface area contributed by atoms with Crippen molar-refractivity contribution in [3.05, 3.63) is 17.7 Å². The fraction of sp³-hybridized carbons (Fsp3) is 0.632. The number of hydrogen-bond acceptors (Lipinski definition) is 6. The molecule has 2 atom stereocenters. The highest BCUT2D eigenvalue weighted by Gasteiger charge is 2.39. The number of nitrogens with zero attached hydrogens (tertiary/aromatic N) is 1. The minimum atomic E-state index is -3.53. The highest BCUT2D eigenvalue weighted by atomic mass is 32.2. The Labute approximate surface area is 161 Å². The van der Waals surface area contributed by atoms with Crippen LogP contribution < -0.4 is 15.8 Å². The minimum absolute atomic E-state index is 0.0240. The molecule has 27 heavy (non-hydrogen) atoms. The molecule has 7 nitrogen and oxygen atoms in total. The number of benzene rings is 1. The Kier molecular flexibility index (Phi) is 5.67. The molecule has 3 N–H and O–H groups in total. The lowest BCUT2D eigenvalue weighted by molar-refractivity contribution is 0.0907. The molecule has 1 aromatic carbocycles. The molecule has 1 saturated heterocycles. The van der Waals surface area contributed by atoms with Gasteiger partial charge in [-0.2, -0.15) is 0 Å². The fourth-order valence-electron chi connectivity index (χ4n) is 3.94. The first kappa shape index (κ1) is 19.9. The van der Waals surface area contributed by atoms with E-state index >= 15 is 0 Å². The van der Waals surface area contributed by atoms with E-state index in [1.807, 2.05) is 6.92 Å². The summed E-state index contributed by atoms with van der Waals surface area (Å²) in [7, 11) is -2.10. The van der Waals surface area contributed by atoms with Gasteiger partial charge in [-0.3, -0.25) is 9.69 Å². The van der Waals surface area contributed by atoms with Gasteiger partial charge in [-0.15, -0.1) is 0 Å². The SMILES string of the molecule is CCS(=O)(=O)c1cc(C(=O)NC(C)C2CCCN2C2CC2)c(OC)cc1N. The first-order valence-corrected chi connectivity index (χ1v) is 11.2. The van der Waals surface area contributed by atoms with Crippen LogP contribution in [0.2, 0.25) is 0 Å². The number of carbonyl (C=O) groups is 1. The lowest BCUT2D eigenvalue weighted by Crippen LogP contribution is -2.48. The number of nitrogens with two attached hydrogens (primary N) is 1. The van der Waals surface area contributed by atoms with Crippen molar-refractivity contribution in [2.45, 2.75) is 62.6 Å². The number of anilines is 1. The lowest BCUT2D eigenvalue weighted by Gasteiger charge is -2.30. The van der Waals surface area contributed by atoms with Crippen molar-refractivity contribution in [3.8, 4) is 5.75 Å². The Morgan fingerprint density at radius 1 is 1.37 bits per heavy atom. The zero-order valence-corrected chi connectivity index (χ0v) is 17.0. The summed E-state index contributed by atoms with van der Waals surface area (Å²) in [5, 5.41) is 3.05. The van der Waals surface area contributed by atoms with Gasteiger partial charge in [0, 0.05) is 24.2 Å². The average molecular weight is 396 g/mol. The Bertz CT molecular complexity index is 820. The van der Waals surface area contributed by atoms with Gasteiger partial charge in [0.05, 0.1) is 29.0 Å². The van der Waals surface area contributed by atoms with Crippen LogP contribution >= 0.6 is 0 Å². The summed E-state index contributed by atoms with van der Waals surface area (Å²) in [5.74, 6) is -0.147. The quantitative estimate of drug-likeness (QED) is 0.683. The predicted molar refractivity (Wildman–Crippen MR) is 105 cm³/mol. The van der Waals surface area contributed by atoms with Gasteiger partial charge in [0.2, 0.25) is 0 Å². The maximum Gasteiger partial charge on any atom is 0.255 e. The van der Waals surface area contributed by atoms with Gasteiger partial charge >= 0.3 is 0 Å². The number of sulfone groups is 1. The highest BCUT2D eigenvalue weighted by Crippen LogP contribution is 2.35. The molecular formula is C19H29N3O4S. The summed E-state index contributed by atoms with van der Waals surface area (Å²) in [6.07, 6.45) is 4.68. The van der Waals surface area contributed by atoms with Crippen molar-refractivity contribution in [1.82, 2.24) is 10.2 Å². The van der Waals surface area contributed by atoms with E-state index in [0.717, 1.165) is 19.4 Å². The topological polar surface area (TPSA) is 102 Å². The highest BCUT2D eigenvalue weighted by molar-refractivity contribution is 7.91. The summed E-state index contributed by atoms with van der Waals surface area (Å²) in [6.45, 7) is 4.64. The van der Waals surface area contributed by atoms with Crippen LogP contribution in [0.5, 0.6) is 5.75 Å². The third-order valence-corrected chi connectivity index (χ3v) is 7.37. The van der Waals surface area contributed by atoms with E-state index < -0.39 is 9.84 Å². The number of hydrogen-bond donors (Lipinski definition) is 2. The van der Waals surface area contributed by atoms with Crippen LogP contribution in [0.15, 0.2) is 17.0 Å². The van der Waals surface area contributed by atoms with E-state index in [-0.39, 0.29) is 39.6 Å². The number of nitrogen functional groups attached to an aromatic ring is 1. The molecule has 2 unspecified atom stereocenters. The second-order valence-corrected chi connectivity index (χ2v) is 9.68. The molecule has 1 aliphatic carbocycles. The summed E-state index contributed by atoms with van der Waals surface area (Å²) in [6, 6.07) is 3.69. The molecular weight excluding hydrogens is 366 g/mol. The normalized spacial score (nSPS) is 21.8. The molecule has 8 heteroatoms. The first-order valence-electron chi connectivity index (χ1n) is 9.55. The van der Waals surface area contributed by atoms with Crippen LogP contribution in [0, 0.1) is 0 Å². The molecule has 1 aromatic rings. The van der Waals surface area contributed by atoms with Gasteiger partial charge in [-0.1, -0.05) is 6.92 Å². The van der Waals surface area contributed by atoms with Crippen molar-refractivity contribution >= 4 is 21.4 Å². The van der Waals surface area contributed by atoms with Crippen LogP contribution in [-0.4, -0.2) is 56.8 Å². The number of carbonyl (C=O) groups excluding carboxylic acids is 1. The van der Waals surface area contributed by atoms with E-state index in [1.54, 1.807) is 6.92 Å². The molecule has 1 amide bonds. The number of rotatable bonds is 7. The molecule has 0 bridgehead atoms. The van der Waals surface area contributed by atoms with Crippen LogP contribution in [0.4, 0.5) is 5.69 Å². The molecule has 150 valence electrons. The Balaban J connectivity index is 1.84. The average Bonchev–Trinajstić information content (AvgIpc) is 3.37. The third-order valence-electron chi connectivity index (χ3n) is 5.59. The molecule has 2 fully saturated rings. The predicted octanol–water partition coefficient (Wildman–Crippen LogP) is 1.82. The van der Waals surface area contributed by atoms with Gasteiger partial charge in [-0.05, 0) is 45.2 Å². The monoisotopic (exact) mass is 395 g/mol. The van der Waals surface area contributed by atoms with E-state index in [9.17, 15) is 13.2 Å². The Morgan fingerprint density at radius 3 is 2.67 bits per heavy atom. The van der Waals surface area contributed by atoms with Gasteiger partial charge in [0.1, 0.15) is 5.75 Å². The Hall–Kier alpha value is -1.80. The number of ether oxygens (including phenoxy) is 1. The molecule has 1 saturated carbocycles. The van der Waals surface area contributed by atoms with Gasteiger partial charge in [0.15, 0.2) is 9.84 Å². The standard InChI is InChI=1S/C19H29N3O4S/c1-4-27(24,25)18-10-14(17(26-3)11-15(18)20)19(23)21-12(2)16-6-5-9-22(16)13-7-8-13/h10-13,16H,4-9,20H2,1-3H3,(H,21,23). The third kappa shape index (κ3) is 4.06. The number of methoxy groups -OCH3 is 1. The first-order chi connectivity index (χ1) is 12.8. The Morgan fingerprint density at radius 2 is 2.07 bits per heavy atom. The van der Waals surface area contributed by atoms with E-state index in [0.29, 0.717) is 12.1 Å². The molecule has 2 aliphatic rings. The lowest BCUT2D eigenvalue weighted by atomic mass is 10.1. The van der Waals surface area contributed by atoms with Crippen molar-refractivity contribution in [2.24, 2.45) is 0 Å². The fourth-order valence-corrected chi connectivity index (χ4v) is 4.97. The maximum absolute atomic E-state index is 12.9. The van der Waals surface area contributed by atoms with Gasteiger partial charge in [-0.25, -0.2) is 8.42 Å². The molecule has 0 aromatic heterocycles. The van der Waals surface area contributed by atoms with Crippen molar-refractivity contribution < 1.29 is 17.9 Å². The molecule has 3 rings (SSSR count). The van der Waals surface area contributed by atoms with Crippen LogP contribution in [0.3, 0.4) is 0 Å². The van der Waals surface area contributed by atoms with Crippen molar-refractivity contribution in [3.63, 3.8) is 0 Å². The van der Waals surface area contributed by atoms with E-state index in [2.05, 4.69) is 10.2 Å². The smallest absolute Gasteiger partial charge is 0.255 e. The number of nitrogens with one attached hydrogen (secondary N) is 1. The summed E-state index contributed by atoms with van der Waals surface area (Å²) < 4.78 is 29.9. The second kappa shape index (κ2) is 7.67. The molecule has 1 heterocycles. The van der Waals surface area contributed by atoms with E-state index in [4.69, 9.17) is 10.5 Å².